The minimum Gasteiger partial charge on any atom is -0.325 e. The quantitative estimate of drug-likeness (QED) is 0.526. The molecule has 0 saturated carbocycles. The van der Waals surface area contributed by atoms with Crippen molar-refractivity contribution in [3.63, 3.8) is 0 Å². The molecule has 1 aromatic heterocycles. The second kappa shape index (κ2) is 10.6. The minimum absolute atomic E-state index is 0.000626. The van der Waals surface area contributed by atoms with Crippen LogP contribution in [0.1, 0.15) is 42.2 Å². The highest BCUT2D eigenvalue weighted by atomic mass is 19.1. The number of amides is 2. The Hall–Kier alpha value is -3.58. The summed E-state index contributed by atoms with van der Waals surface area (Å²) in [6.07, 6.45) is 3.36. The Labute approximate surface area is 199 Å². The van der Waals surface area contributed by atoms with Crippen LogP contribution in [0, 0.1) is 12.7 Å². The Balaban J connectivity index is 1.44. The van der Waals surface area contributed by atoms with Crippen molar-refractivity contribution in [1.29, 1.82) is 0 Å². The number of aryl methyl sites for hydroxylation is 1. The predicted octanol–water partition coefficient (Wildman–Crippen LogP) is 5.26. The molecule has 6 nitrogen and oxygen atoms in total. The molecule has 4 rings (SSSR count). The van der Waals surface area contributed by atoms with Gasteiger partial charge >= 0.3 is 0 Å². The van der Waals surface area contributed by atoms with Gasteiger partial charge in [0.2, 0.25) is 5.91 Å². The fourth-order valence-electron chi connectivity index (χ4n) is 4.24. The zero-order valence-electron chi connectivity index (χ0n) is 19.5. The maximum absolute atomic E-state index is 14.4. The van der Waals surface area contributed by atoms with Crippen molar-refractivity contribution in [2.24, 2.45) is 0 Å². The maximum atomic E-state index is 14.4. The van der Waals surface area contributed by atoms with Crippen LogP contribution in [0.3, 0.4) is 0 Å². The molecule has 0 spiro atoms. The number of pyridine rings is 1. The Bertz CT molecular complexity index is 1180. The van der Waals surface area contributed by atoms with Gasteiger partial charge in [-0.05, 0) is 63.6 Å². The number of likely N-dealkylation sites (tertiary alicyclic amines) is 1. The molecule has 2 heterocycles. The zero-order chi connectivity index (χ0) is 24.1. The van der Waals surface area contributed by atoms with Gasteiger partial charge in [-0.25, -0.2) is 4.39 Å². The molecule has 2 aromatic carbocycles. The highest BCUT2D eigenvalue weighted by Crippen LogP contribution is 2.23. The molecule has 176 valence electrons. The number of piperidine rings is 1. The third-order valence-electron chi connectivity index (χ3n) is 6.19. The Morgan fingerprint density at radius 3 is 2.59 bits per heavy atom. The van der Waals surface area contributed by atoms with E-state index in [2.05, 4.69) is 27.4 Å². The molecule has 1 aliphatic rings. The monoisotopic (exact) mass is 460 g/mol. The van der Waals surface area contributed by atoms with Gasteiger partial charge in [-0.2, -0.15) is 0 Å². The first-order valence-electron chi connectivity index (χ1n) is 11.6. The smallest absolute Gasteiger partial charge is 0.257 e. The summed E-state index contributed by atoms with van der Waals surface area (Å²) in [5.41, 5.74) is 3.04. The van der Waals surface area contributed by atoms with Crippen molar-refractivity contribution >= 4 is 23.2 Å². The highest BCUT2D eigenvalue weighted by Gasteiger charge is 2.21. The van der Waals surface area contributed by atoms with Crippen LogP contribution in [0.4, 0.5) is 15.8 Å². The molecule has 0 unspecified atom stereocenters. The van der Waals surface area contributed by atoms with Gasteiger partial charge < -0.3 is 10.6 Å². The molecule has 0 bridgehead atoms. The van der Waals surface area contributed by atoms with Gasteiger partial charge in [0.15, 0.2) is 0 Å². The summed E-state index contributed by atoms with van der Waals surface area (Å²) in [4.78, 5) is 32.1. The number of halogens is 1. The third-order valence-corrected chi connectivity index (χ3v) is 6.19. The summed E-state index contributed by atoms with van der Waals surface area (Å²) in [6, 6.07) is 17.7. The van der Waals surface area contributed by atoms with Crippen LogP contribution in [0.5, 0.6) is 0 Å². The fraction of sp³-hybridized carbons (Fsp3) is 0.296. The van der Waals surface area contributed by atoms with Crippen LogP contribution >= 0.6 is 0 Å². The van der Waals surface area contributed by atoms with Crippen LogP contribution in [0.15, 0.2) is 60.7 Å². The number of aromatic nitrogens is 1. The molecular weight excluding hydrogens is 431 g/mol. The number of nitrogens with zero attached hydrogens (tertiary/aromatic N) is 2. The first-order chi connectivity index (χ1) is 16.4. The number of nitrogens with one attached hydrogen (secondary N) is 2. The van der Waals surface area contributed by atoms with Crippen molar-refractivity contribution in [2.75, 3.05) is 23.7 Å². The molecule has 7 heteroatoms. The Morgan fingerprint density at radius 2 is 1.85 bits per heavy atom. The van der Waals surface area contributed by atoms with Crippen molar-refractivity contribution in [1.82, 2.24) is 9.88 Å². The second-order valence-corrected chi connectivity index (χ2v) is 8.71. The largest absolute Gasteiger partial charge is 0.325 e. The lowest BCUT2D eigenvalue weighted by atomic mass is 10.0. The van der Waals surface area contributed by atoms with E-state index in [1.165, 1.54) is 24.6 Å². The summed E-state index contributed by atoms with van der Waals surface area (Å²) in [5, 5.41) is 5.43. The summed E-state index contributed by atoms with van der Waals surface area (Å²) in [7, 11) is 0. The standard InChI is InChI=1S/C27H29FN4O2/c1-18-8-6-7-15-32(18)17-26(33)30-21-11-13-23(28)25(16-21)31-27(34)22-12-14-24(29-19(22)2)20-9-4-3-5-10-20/h3-5,9-14,16,18H,6-8,15,17H2,1-2H3,(H,30,33)(H,31,34)/t18-/m1/s1. The van der Waals surface area contributed by atoms with Gasteiger partial charge in [-0.15, -0.1) is 0 Å². The molecular formula is C27H29FN4O2. The van der Waals surface area contributed by atoms with E-state index in [4.69, 9.17) is 0 Å². The number of benzene rings is 2. The molecule has 2 amide bonds. The topological polar surface area (TPSA) is 74.3 Å². The number of rotatable bonds is 6. The Kier molecular flexibility index (Phi) is 7.33. The van der Waals surface area contributed by atoms with E-state index in [1.54, 1.807) is 19.1 Å². The van der Waals surface area contributed by atoms with Crippen molar-refractivity contribution in [3.05, 3.63) is 77.7 Å². The van der Waals surface area contributed by atoms with Crippen LogP contribution in [-0.2, 0) is 4.79 Å². The van der Waals surface area contributed by atoms with E-state index in [9.17, 15) is 14.0 Å². The van der Waals surface area contributed by atoms with Crippen LogP contribution < -0.4 is 10.6 Å². The van der Waals surface area contributed by atoms with E-state index in [-0.39, 0.29) is 11.6 Å². The molecule has 0 aliphatic carbocycles. The minimum atomic E-state index is -0.581. The third kappa shape index (κ3) is 5.66. The van der Waals surface area contributed by atoms with Crippen LogP contribution in [0.25, 0.3) is 11.3 Å². The molecule has 2 N–H and O–H groups in total. The number of hydrogen-bond acceptors (Lipinski definition) is 4. The maximum Gasteiger partial charge on any atom is 0.257 e. The SMILES string of the molecule is Cc1nc(-c2ccccc2)ccc1C(=O)Nc1cc(NC(=O)CN2CCCC[C@H]2C)ccc1F. The second-order valence-electron chi connectivity index (χ2n) is 8.71. The lowest BCUT2D eigenvalue weighted by Crippen LogP contribution is -2.42. The van der Waals surface area contributed by atoms with Crippen molar-refractivity contribution < 1.29 is 14.0 Å². The molecule has 0 radical (unpaired) electrons. The van der Waals surface area contributed by atoms with Gasteiger partial charge in [0, 0.05) is 17.3 Å². The molecule has 3 aromatic rings. The summed E-state index contributed by atoms with van der Waals surface area (Å²) < 4.78 is 14.4. The Morgan fingerprint density at radius 1 is 1.06 bits per heavy atom. The van der Waals surface area contributed by atoms with Gasteiger partial charge in [0.1, 0.15) is 5.82 Å². The number of anilines is 2. The summed E-state index contributed by atoms with van der Waals surface area (Å²) in [6.45, 7) is 5.06. The predicted molar refractivity (Wildman–Crippen MR) is 132 cm³/mol. The molecule has 34 heavy (non-hydrogen) atoms. The number of carbonyl (C=O) groups is 2. The van der Waals surface area contributed by atoms with Gasteiger partial charge in [0.25, 0.3) is 5.91 Å². The number of hydrogen-bond donors (Lipinski definition) is 2. The first kappa shape index (κ1) is 23.6. The van der Waals surface area contributed by atoms with Crippen molar-refractivity contribution in [3.8, 4) is 11.3 Å². The van der Waals surface area contributed by atoms with E-state index in [0.717, 1.165) is 30.6 Å². The molecule has 1 aliphatic heterocycles. The van der Waals surface area contributed by atoms with E-state index < -0.39 is 11.7 Å². The van der Waals surface area contributed by atoms with E-state index in [0.29, 0.717) is 29.5 Å². The fourth-order valence-corrected chi connectivity index (χ4v) is 4.24. The number of carbonyl (C=O) groups excluding carboxylic acids is 2. The average molecular weight is 461 g/mol. The first-order valence-corrected chi connectivity index (χ1v) is 11.6. The highest BCUT2D eigenvalue weighted by molar-refractivity contribution is 6.05. The van der Waals surface area contributed by atoms with Gasteiger partial charge in [-0.3, -0.25) is 19.5 Å². The van der Waals surface area contributed by atoms with Gasteiger partial charge in [-0.1, -0.05) is 36.8 Å². The zero-order valence-corrected chi connectivity index (χ0v) is 19.5. The van der Waals surface area contributed by atoms with Crippen molar-refractivity contribution in [2.45, 2.75) is 39.2 Å². The lowest BCUT2D eigenvalue weighted by molar-refractivity contribution is -0.118. The van der Waals surface area contributed by atoms with Gasteiger partial charge in [0.05, 0.1) is 29.2 Å². The average Bonchev–Trinajstić information content (AvgIpc) is 2.83. The van der Waals surface area contributed by atoms with E-state index in [1.807, 2.05) is 30.3 Å². The summed E-state index contributed by atoms with van der Waals surface area (Å²) >= 11 is 0. The van der Waals surface area contributed by atoms with E-state index >= 15 is 0 Å². The van der Waals surface area contributed by atoms with Crippen LogP contribution in [-0.4, -0.2) is 40.8 Å². The molecule has 1 fully saturated rings. The molecule has 1 saturated heterocycles. The summed E-state index contributed by atoms with van der Waals surface area (Å²) in [5.74, 6) is -1.20. The normalized spacial score (nSPS) is 16.1. The molecule has 1 atom stereocenters. The lowest BCUT2D eigenvalue weighted by Gasteiger charge is -2.32. The van der Waals surface area contributed by atoms with Crippen LogP contribution in [0.2, 0.25) is 0 Å².